The van der Waals surface area contributed by atoms with Crippen LogP contribution >= 0.6 is 0 Å². The maximum absolute atomic E-state index is 11.6. The third kappa shape index (κ3) is 4.28. The third-order valence-electron chi connectivity index (χ3n) is 3.48. The molecule has 1 aliphatic rings. The van der Waals surface area contributed by atoms with Crippen LogP contribution in [-0.2, 0) is 9.53 Å². The average molecular weight is 242 g/mol. The molecule has 1 rings (SSSR count). The molecule has 0 aromatic heterocycles. The topological polar surface area (TPSA) is 41.6 Å². The predicted molar refractivity (Wildman–Crippen MR) is 69.0 cm³/mol. The summed E-state index contributed by atoms with van der Waals surface area (Å²) in [4.78, 5) is 13.9. The summed E-state index contributed by atoms with van der Waals surface area (Å²) in [5, 5.41) is 2.97. The van der Waals surface area contributed by atoms with Crippen LogP contribution in [0.15, 0.2) is 0 Å². The molecule has 0 unspecified atom stereocenters. The monoisotopic (exact) mass is 242 g/mol. The summed E-state index contributed by atoms with van der Waals surface area (Å²) in [6.45, 7) is 6.73. The van der Waals surface area contributed by atoms with E-state index in [9.17, 15) is 4.79 Å². The number of ether oxygens (including phenoxy) is 1. The first-order valence-electron chi connectivity index (χ1n) is 6.33. The van der Waals surface area contributed by atoms with E-state index in [-0.39, 0.29) is 23.7 Å². The molecule has 0 aromatic carbocycles. The van der Waals surface area contributed by atoms with E-state index in [4.69, 9.17) is 4.74 Å². The molecule has 0 spiro atoms. The van der Waals surface area contributed by atoms with Crippen molar-refractivity contribution in [3.63, 3.8) is 0 Å². The molecule has 4 heteroatoms. The van der Waals surface area contributed by atoms with Gasteiger partial charge < -0.3 is 15.0 Å². The van der Waals surface area contributed by atoms with Gasteiger partial charge >= 0.3 is 0 Å². The number of hydrogen-bond acceptors (Lipinski definition) is 3. The Morgan fingerprint density at radius 1 is 1.35 bits per heavy atom. The molecule has 0 radical (unpaired) electrons. The van der Waals surface area contributed by atoms with Crippen LogP contribution in [0.5, 0.6) is 0 Å². The van der Waals surface area contributed by atoms with Crippen molar-refractivity contribution in [2.24, 2.45) is 0 Å². The van der Waals surface area contributed by atoms with Gasteiger partial charge in [-0.1, -0.05) is 0 Å². The van der Waals surface area contributed by atoms with Gasteiger partial charge in [-0.15, -0.1) is 0 Å². The lowest BCUT2D eigenvalue weighted by molar-refractivity contribution is -0.131. The van der Waals surface area contributed by atoms with Crippen LogP contribution in [-0.4, -0.2) is 49.2 Å². The van der Waals surface area contributed by atoms with Crippen LogP contribution in [0, 0.1) is 0 Å². The Morgan fingerprint density at radius 3 is 2.29 bits per heavy atom. The van der Waals surface area contributed by atoms with Crippen molar-refractivity contribution in [2.45, 2.75) is 51.2 Å². The SMILES string of the molecule is CN(C)C1(CNC(=O)COC(C)(C)C)CCC1. The Bertz CT molecular complexity index is 265. The van der Waals surface area contributed by atoms with E-state index in [0.29, 0.717) is 0 Å². The van der Waals surface area contributed by atoms with Crippen LogP contribution in [0.1, 0.15) is 40.0 Å². The maximum Gasteiger partial charge on any atom is 0.246 e. The Hall–Kier alpha value is -0.610. The number of likely N-dealkylation sites (N-methyl/N-ethyl adjacent to an activating group) is 1. The van der Waals surface area contributed by atoms with Gasteiger partial charge in [0.1, 0.15) is 6.61 Å². The lowest BCUT2D eigenvalue weighted by atomic mass is 9.75. The zero-order chi connectivity index (χ0) is 13.1. The Morgan fingerprint density at radius 2 is 1.94 bits per heavy atom. The Labute approximate surface area is 105 Å². The minimum atomic E-state index is -0.257. The molecule has 1 amide bonds. The molecule has 0 heterocycles. The first kappa shape index (κ1) is 14.5. The second-order valence-electron chi connectivity index (χ2n) is 6.15. The molecule has 1 saturated carbocycles. The zero-order valence-electron chi connectivity index (χ0n) is 11.8. The number of amides is 1. The van der Waals surface area contributed by atoms with Crippen molar-refractivity contribution in [1.29, 1.82) is 0 Å². The second-order valence-corrected chi connectivity index (χ2v) is 6.15. The van der Waals surface area contributed by atoms with Crippen molar-refractivity contribution in [1.82, 2.24) is 10.2 Å². The summed E-state index contributed by atoms with van der Waals surface area (Å²) in [6.07, 6.45) is 3.59. The third-order valence-corrected chi connectivity index (χ3v) is 3.48. The predicted octanol–water partition coefficient (Wildman–Crippen LogP) is 1.40. The molecule has 0 saturated heterocycles. The molecule has 1 fully saturated rings. The fraction of sp³-hybridized carbons (Fsp3) is 0.923. The molecule has 0 aromatic rings. The molecular weight excluding hydrogens is 216 g/mol. The van der Waals surface area contributed by atoms with Crippen LogP contribution in [0.3, 0.4) is 0 Å². The van der Waals surface area contributed by atoms with Gasteiger partial charge in [-0.25, -0.2) is 0 Å². The van der Waals surface area contributed by atoms with Crippen LogP contribution < -0.4 is 5.32 Å². The summed E-state index contributed by atoms with van der Waals surface area (Å²) in [7, 11) is 4.16. The van der Waals surface area contributed by atoms with Gasteiger partial charge in [0.15, 0.2) is 0 Å². The molecule has 0 bridgehead atoms. The van der Waals surface area contributed by atoms with Crippen LogP contribution in [0.25, 0.3) is 0 Å². The quantitative estimate of drug-likeness (QED) is 0.792. The lowest BCUT2D eigenvalue weighted by Crippen LogP contribution is -2.57. The van der Waals surface area contributed by atoms with Gasteiger partial charge in [0.25, 0.3) is 0 Å². The van der Waals surface area contributed by atoms with Crippen LogP contribution in [0.2, 0.25) is 0 Å². The fourth-order valence-corrected chi connectivity index (χ4v) is 1.96. The van der Waals surface area contributed by atoms with Gasteiger partial charge in [-0.3, -0.25) is 4.79 Å². The molecule has 1 N–H and O–H groups in total. The van der Waals surface area contributed by atoms with Crippen molar-refractivity contribution in [2.75, 3.05) is 27.2 Å². The van der Waals surface area contributed by atoms with E-state index in [1.165, 1.54) is 19.3 Å². The maximum atomic E-state index is 11.6. The highest BCUT2D eigenvalue weighted by molar-refractivity contribution is 5.77. The Kier molecular flexibility index (Phi) is 4.55. The zero-order valence-corrected chi connectivity index (χ0v) is 11.8. The standard InChI is InChI=1S/C13H26N2O2/c1-12(2,3)17-9-11(16)14-10-13(15(4)5)7-6-8-13/h6-10H2,1-5H3,(H,14,16). The number of carbonyl (C=O) groups is 1. The molecular formula is C13H26N2O2. The summed E-state index contributed by atoms with van der Waals surface area (Å²) in [5.41, 5.74) is -0.0789. The number of nitrogens with one attached hydrogen (secondary N) is 1. The summed E-state index contributed by atoms with van der Waals surface area (Å²) in [5.74, 6) is -0.0203. The highest BCUT2D eigenvalue weighted by Crippen LogP contribution is 2.35. The van der Waals surface area contributed by atoms with Crippen LogP contribution in [0.4, 0.5) is 0 Å². The fourth-order valence-electron chi connectivity index (χ4n) is 1.96. The largest absolute Gasteiger partial charge is 0.366 e. The number of rotatable bonds is 5. The van der Waals surface area contributed by atoms with Gasteiger partial charge in [-0.2, -0.15) is 0 Å². The van der Waals surface area contributed by atoms with Crippen molar-refractivity contribution in [3.8, 4) is 0 Å². The smallest absolute Gasteiger partial charge is 0.246 e. The highest BCUT2D eigenvalue weighted by atomic mass is 16.5. The lowest BCUT2D eigenvalue weighted by Gasteiger charge is -2.47. The summed E-state index contributed by atoms with van der Waals surface area (Å²) in [6, 6.07) is 0. The van der Waals surface area contributed by atoms with Crippen molar-refractivity contribution >= 4 is 5.91 Å². The molecule has 0 atom stereocenters. The van der Waals surface area contributed by atoms with E-state index in [0.717, 1.165) is 6.54 Å². The molecule has 4 nitrogen and oxygen atoms in total. The minimum Gasteiger partial charge on any atom is -0.366 e. The second kappa shape index (κ2) is 5.36. The van der Waals surface area contributed by atoms with E-state index in [2.05, 4.69) is 24.3 Å². The molecule has 0 aliphatic heterocycles. The normalized spacial score (nSPS) is 18.9. The van der Waals surface area contributed by atoms with E-state index >= 15 is 0 Å². The highest BCUT2D eigenvalue weighted by Gasteiger charge is 2.39. The van der Waals surface area contributed by atoms with E-state index in [1.807, 2.05) is 20.8 Å². The number of nitrogens with zero attached hydrogens (tertiary/aromatic N) is 1. The number of hydrogen-bond donors (Lipinski definition) is 1. The van der Waals surface area contributed by atoms with Crippen molar-refractivity contribution in [3.05, 3.63) is 0 Å². The molecule has 100 valence electrons. The van der Waals surface area contributed by atoms with Gasteiger partial charge in [-0.05, 0) is 54.1 Å². The minimum absolute atomic E-state index is 0.0203. The van der Waals surface area contributed by atoms with Gasteiger partial charge in [0.2, 0.25) is 5.91 Å². The first-order valence-corrected chi connectivity index (χ1v) is 6.33. The van der Waals surface area contributed by atoms with E-state index in [1.54, 1.807) is 0 Å². The Balaban J connectivity index is 2.28. The van der Waals surface area contributed by atoms with Crippen molar-refractivity contribution < 1.29 is 9.53 Å². The van der Waals surface area contributed by atoms with Gasteiger partial charge in [0, 0.05) is 12.1 Å². The summed E-state index contributed by atoms with van der Waals surface area (Å²) >= 11 is 0. The van der Waals surface area contributed by atoms with Gasteiger partial charge in [0.05, 0.1) is 5.60 Å². The van der Waals surface area contributed by atoms with E-state index < -0.39 is 0 Å². The summed E-state index contributed by atoms with van der Waals surface area (Å²) < 4.78 is 5.44. The number of carbonyl (C=O) groups excluding carboxylic acids is 1. The first-order chi connectivity index (χ1) is 7.75. The molecule has 1 aliphatic carbocycles. The molecule has 17 heavy (non-hydrogen) atoms. The average Bonchev–Trinajstić information content (AvgIpc) is 2.11.